The standard InChI is InChI=1S/C23H28N2O2/c1-16(2)19-6-4-5-7-20(19)21-15-25(10-9-24-21)14-17-12-18-8-11-27-23(18)22(13-17)26-3/h4-8,11-13,16,21,24H,9-10,14-15H2,1-3H3/t21-/m0/s1. The van der Waals surface area contributed by atoms with Crippen molar-refractivity contribution in [3.8, 4) is 5.75 Å². The number of benzene rings is 2. The average molecular weight is 364 g/mol. The number of nitrogens with zero attached hydrogens (tertiary/aromatic N) is 1. The number of piperazine rings is 1. The Morgan fingerprint density at radius 2 is 2.07 bits per heavy atom. The summed E-state index contributed by atoms with van der Waals surface area (Å²) < 4.78 is 11.1. The van der Waals surface area contributed by atoms with Crippen LogP contribution in [0, 0.1) is 0 Å². The fourth-order valence-electron chi connectivity index (χ4n) is 4.13. The van der Waals surface area contributed by atoms with Gasteiger partial charge < -0.3 is 14.5 Å². The maximum Gasteiger partial charge on any atom is 0.175 e. The van der Waals surface area contributed by atoms with Crippen LogP contribution in [0.15, 0.2) is 53.1 Å². The number of hydrogen-bond acceptors (Lipinski definition) is 4. The van der Waals surface area contributed by atoms with Crippen LogP contribution in [0.4, 0.5) is 0 Å². The second kappa shape index (κ2) is 7.75. The van der Waals surface area contributed by atoms with Gasteiger partial charge in [-0.1, -0.05) is 38.1 Å². The molecule has 0 aliphatic carbocycles. The van der Waals surface area contributed by atoms with Crippen LogP contribution in [0.5, 0.6) is 5.75 Å². The van der Waals surface area contributed by atoms with Gasteiger partial charge in [-0.15, -0.1) is 0 Å². The molecule has 27 heavy (non-hydrogen) atoms. The predicted molar refractivity (Wildman–Crippen MR) is 109 cm³/mol. The second-order valence-corrected chi connectivity index (χ2v) is 7.66. The molecule has 0 unspecified atom stereocenters. The zero-order valence-corrected chi connectivity index (χ0v) is 16.4. The fourth-order valence-corrected chi connectivity index (χ4v) is 4.13. The Hall–Kier alpha value is -2.30. The molecule has 2 aromatic carbocycles. The van der Waals surface area contributed by atoms with Gasteiger partial charge in [0.05, 0.1) is 13.4 Å². The molecule has 1 aromatic heterocycles. The molecular formula is C23H28N2O2. The maximum absolute atomic E-state index is 5.55. The molecule has 1 fully saturated rings. The van der Waals surface area contributed by atoms with Crippen molar-refractivity contribution in [1.29, 1.82) is 0 Å². The summed E-state index contributed by atoms with van der Waals surface area (Å²) in [6, 6.07) is 15.5. The van der Waals surface area contributed by atoms with Gasteiger partial charge in [0.25, 0.3) is 0 Å². The summed E-state index contributed by atoms with van der Waals surface area (Å²) in [6.07, 6.45) is 1.72. The highest BCUT2D eigenvalue weighted by Crippen LogP contribution is 2.30. The lowest BCUT2D eigenvalue weighted by atomic mass is 9.92. The van der Waals surface area contributed by atoms with Crippen LogP contribution in [0.2, 0.25) is 0 Å². The number of rotatable bonds is 5. The minimum absolute atomic E-state index is 0.372. The summed E-state index contributed by atoms with van der Waals surface area (Å²) >= 11 is 0. The summed E-state index contributed by atoms with van der Waals surface area (Å²) in [5.74, 6) is 1.34. The molecule has 142 valence electrons. The Kier molecular flexibility index (Phi) is 5.19. The Balaban J connectivity index is 1.54. The number of fused-ring (bicyclic) bond motifs is 1. The second-order valence-electron chi connectivity index (χ2n) is 7.66. The summed E-state index contributed by atoms with van der Waals surface area (Å²) in [5.41, 5.74) is 4.96. The van der Waals surface area contributed by atoms with E-state index in [1.165, 1.54) is 16.7 Å². The van der Waals surface area contributed by atoms with Crippen molar-refractivity contribution in [2.24, 2.45) is 0 Å². The molecule has 4 nitrogen and oxygen atoms in total. The monoisotopic (exact) mass is 364 g/mol. The van der Waals surface area contributed by atoms with Gasteiger partial charge in [-0.3, -0.25) is 4.90 Å². The number of furan rings is 1. The molecule has 1 aliphatic heterocycles. The summed E-state index contributed by atoms with van der Waals surface area (Å²) in [5, 5.41) is 4.81. The normalized spacial score (nSPS) is 18.3. The molecular weight excluding hydrogens is 336 g/mol. The number of hydrogen-bond donors (Lipinski definition) is 1. The highest BCUT2D eigenvalue weighted by molar-refractivity contribution is 5.83. The first-order valence-electron chi connectivity index (χ1n) is 9.74. The number of nitrogens with one attached hydrogen (secondary N) is 1. The highest BCUT2D eigenvalue weighted by atomic mass is 16.5. The third-order valence-electron chi connectivity index (χ3n) is 5.46. The fraction of sp³-hybridized carbons (Fsp3) is 0.391. The number of methoxy groups -OCH3 is 1. The van der Waals surface area contributed by atoms with E-state index < -0.39 is 0 Å². The van der Waals surface area contributed by atoms with Gasteiger partial charge >= 0.3 is 0 Å². The SMILES string of the molecule is COc1cc(CN2CCN[C@H](c3ccccc3C(C)C)C2)cc2ccoc12. The third kappa shape index (κ3) is 3.73. The van der Waals surface area contributed by atoms with Crippen molar-refractivity contribution in [1.82, 2.24) is 10.2 Å². The maximum atomic E-state index is 5.55. The van der Waals surface area contributed by atoms with Crippen LogP contribution in [0.3, 0.4) is 0 Å². The minimum Gasteiger partial charge on any atom is -0.493 e. The summed E-state index contributed by atoms with van der Waals surface area (Å²) in [7, 11) is 1.70. The molecule has 0 spiro atoms. The van der Waals surface area contributed by atoms with Crippen molar-refractivity contribution >= 4 is 11.0 Å². The molecule has 2 heterocycles. The van der Waals surface area contributed by atoms with Crippen LogP contribution in [-0.2, 0) is 6.54 Å². The first kappa shape index (κ1) is 18.1. The van der Waals surface area contributed by atoms with Gasteiger partial charge in [-0.25, -0.2) is 0 Å². The van der Waals surface area contributed by atoms with Crippen LogP contribution in [0.25, 0.3) is 11.0 Å². The predicted octanol–water partition coefficient (Wildman–Crippen LogP) is 4.71. The Morgan fingerprint density at radius 1 is 1.22 bits per heavy atom. The van der Waals surface area contributed by atoms with E-state index in [-0.39, 0.29) is 0 Å². The Labute approximate surface area is 161 Å². The minimum atomic E-state index is 0.372. The van der Waals surface area contributed by atoms with Gasteiger partial charge in [0.2, 0.25) is 0 Å². The summed E-state index contributed by atoms with van der Waals surface area (Å²) in [4.78, 5) is 2.53. The molecule has 0 saturated carbocycles. The Bertz CT molecular complexity index is 916. The zero-order valence-electron chi connectivity index (χ0n) is 16.4. The van der Waals surface area contributed by atoms with Crippen molar-refractivity contribution in [2.75, 3.05) is 26.7 Å². The van der Waals surface area contributed by atoms with E-state index in [1.54, 1.807) is 13.4 Å². The first-order valence-corrected chi connectivity index (χ1v) is 9.74. The summed E-state index contributed by atoms with van der Waals surface area (Å²) in [6.45, 7) is 8.51. The topological polar surface area (TPSA) is 37.6 Å². The van der Waals surface area contributed by atoms with Crippen molar-refractivity contribution < 1.29 is 9.15 Å². The lowest BCUT2D eigenvalue weighted by molar-refractivity contribution is 0.192. The van der Waals surface area contributed by atoms with E-state index in [0.717, 1.165) is 42.9 Å². The molecule has 1 saturated heterocycles. The quantitative estimate of drug-likeness (QED) is 0.711. The van der Waals surface area contributed by atoms with Crippen LogP contribution >= 0.6 is 0 Å². The van der Waals surface area contributed by atoms with E-state index in [9.17, 15) is 0 Å². The molecule has 4 heteroatoms. The average Bonchev–Trinajstić information content (AvgIpc) is 3.16. The first-order chi connectivity index (χ1) is 13.2. The van der Waals surface area contributed by atoms with E-state index in [4.69, 9.17) is 9.15 Å². The smallest absolute Gasteiger partial charge is 0.175 e. The van der Waals surface area contributed by atoms with Gasteiger partial charge in [-0.2, -0.15) is 0 Å². The largest absolute Gasteiger partial charge is 0.493 e. The van der Waals surface area contributed by atoms with E-state index in [2.05, 4.69) is 60.5 Å². The van der Waals surface area contributed by atoms with Gasteiger partial charge in [0.15, 0.2) is 11.3 Å². The van der Waals surface area contributed by atoms with Crippen LogP contribution < -0.4 is 10.1 Å². The van der Waals surface area contributed by atoms with Crippen LogP contribution in [-0.4, -0.2) is 31.6 Å². The van der Waals surface area contributed by atoms with E-state index >= 15 is 0 Å². The molecule has 0 amide bonds. The van der Waals surface area contributed by atoms with Gasteiger partial charge in [-0.05, 0) is 40.8 Å². The van der Waals surface area contributed by atoms with Gasteiger partial charge in [0.1, 0.15) is 0 Å². The zero-order chi connectivity index (χ0) is 18.8. The number of ether oxygens (including phenoxy) is 1. The van der Waals surface area contributed by atoms with Crippen molar-refractivity contribution in [3.05, 3.63) is 65.4 Å². The van der Waals surface area contributed by atoms with Crippen molar-refractivity contribution in [2.45, 2.75) is 32.4 Å². The molecule has 1 N–H and O–H groups in total. The Morgan fingerprint density at radius 3 is 2.89 bits per heavy atom. The van der Waals surface area contributed by atoms with Crippen molar-refractivity contribution in [3.63, 3.8) is 0 Å². The van der Waals surface area contributed by atoms with Crippen LogP contribution in [0.1, 0.15) is 42.5 Å². The van der Waals surface area contributed by atoms with E-state index in [1.807, 2.05) is 6.07 Å². The van der Waals surface area contributed by atoms with Gasteiger partial charge in [0, 0.05) is 37.6 Å². The molecule has 3 aromatic rings. The molecule has 1 atom stereocenters. The lowest BCUT2D eigenvalue weighted by Crippen LogP contribution is -2.45. The highest BCUT2D eigenvalue weighted by Gasteiger charge is 2.23. The third-order valence-corrected chi connectivity index (χ3v) is 5.46. The molecule has 0 radical (unpaired) electrons. The molecule has 1 aliphatic rings. The van der Waals surface area contributed by atoms with E-state index in [0.29, 0.717) is 12.0 Å². The molecule has 4 rings (SSSR count). The lowest BCUT2D eigenvalue weighted by Gasteiger charge is -2.35. The molecule has 0 bridgehead atoms.